The standard InChI is InChI=1S/C30H25BrN2O3S/c1-3-33-29(34)28(37-30(33)32-23-12-14-24(35-2)15-13-23)18-20-11-16-27(26(31)17-20)36-19-22-9-6-8-21-7-4-5-10-25(21)22/h4-18H,3,19H2,1-2H3. The first-order chi connectivity index (χ1) is 18.1. The maximum Gasteiger partial charge on any atom is 0.266 e. The van der Waals surface area contributed by atoms with Crippen molar-refractivity contribution in [2.75, 3.05) is 13.7 Å². The van der Waals surface area contributed by atoms with Crippen molar-refractivity contribution in [1.82, 2.24) is 4.90 Å². The Labute approximate surface area is 228 Å². The number of fused-ring (bicyclic) bond motifs is 1. The van der Waals surface area contributed by atoms with Gasteiger partial charge in [0.15, 0.2) is 5.17 Å². The molecule has 0 aliphatic carbocycles. The first-order valence-corrected chi connectivity index (χ1v) is 13.5. The summed E-state index contributed by atoms with van der Waals surface area (Å²) in [5.74, 6) is 1.46. The summed E-state index contributed by atoms with van der Waals surface area (Å²) in [6.45, 7) is 2.96. The third-order valence-electron chi connectivity index (χ3n) is 6.02. The minimum atomic E-state index is -0.0489. The summed E-state index contributed by atoms with van der Waals surface area (Å²) in [6, 6.07) is 27.8. The number of amides is 1. The highest BCUT2D eigenvalue weighted by molar-refractivity contribution is 9.10. The fraction of sp³-hybridized carbons (Fsp3) is 0.133. The number of carbonyl (C=O) groups is 1. The van der Waals surface area contributed by atoms with E-state index in [1.807, 2.05) is 73.7 Å². The van der Waals surface area contributed by atoms with Crippen LogP contribution in [0.2, 0.25) is 0 Å². The summed E-state index contributed by atoms with van der Waals surface area (Å²) >= 11 is 5.02. The quantitative estimate of drug-likeness (QED) is 0.212. The average Bonchev–Trinajstić information content (AvgIpc) is 3.21. The summed E-state index contributed by atoms with van der Waals surface area (Å²) in [6.07, 6.45) is 1.89. The molecule has 37 heavy (non-hydrogen) atoms. The van der Waals surface area contributed by atoms with Gasteiger partial charge in [0.25, 0.3) is 5.91 Å². The van der Waals surface area contributed by atoms with Gasteiger partial charge in [-0.25, -0.2) is 4.99 Å². The largest absolute Gasteiger partial charge is 0.497 e. The summed E-state index contributed by atoms with van der Waals surface area (Å²) in [5, 5.41) is 3.05. The number of rotatable bonds is 7. The first-order valence-electron chi connectivity index (χ1n) is 11.9. The second kappa shape index (κ2) is 11.2. The van der Waals surface area contributed by atoms with Crippen LogP contribution in [0.1, 0.15) is 18.1 Å². The van der Waals surface area contributed by atoms with Gasteiger partial charge in [0, 0.05) is 6.54 Å². The minimum absolute atomic E-state index is 0.0489. The van der Waals surface area contributed by atoms with Crippen LogP contribution in [0.15, 0.2) is 99.3 Å². The monoisotopic (exact) mass is 572 g/mol. The highest BCUT2D eigenvalue weighted by Gasteiger charge is 2.32. The molecular formula is C30H25BrN2O3S. The van der Waals surface area contributed by atoms with E-state index in [9.17, 15) is 4.79 Å². The number of hydrogen-bond donors (Lipinski definition) is 0. The summed E-state index contributed by atoms with van der Waals surface area (Å²) in [4.78, 5) is 20.1. The molecule has 5 rings (SSSR count). The molecule has 0 unspecified atom stereocenters. The molecule has 1 saturated heterocycles. The van der Waals surface area contributed by atoms with E-state index in [4.69, 9.17) is 14.5 Å². The van der Waals surface area contributed by atoms with Gasteiger partial charge in [-0.05, 0) is 99.0 Å². The average molecular weight is 574 g/mol. The lowest BCUT2D eigenvalue weighted by Crippen LogP contribution is -2.28. The molecule has 0 aromatic heterocycles. The van der Waals surface area contributed by atoms with Crippen molar-refractivity contribution in [2.24, 2.45) is 4.99 Å². The number of methoxy groups -OCH3 is 1. The molecule has 0 saturated carbocycles. The van der Waals surface area contributed by atoms with E-state index in [0.717, 1.165) is 32.8 Å². The maximum absolute atomic E-state index is 13.1. The van der Waals surface area contributed by atoms with Crippen LogP contribution < -0.4 is 9.47 Å². The SMILES string of the molecule is CCN1C(=O)C(=Cc2ccc(OCc3cccc4ccccc34)c(Br)c2)SC1=Nc1ccc(OC)cc1. The Balaban J connectivity index is 1.33. The van der Waals surface area contributed by atoms with Crippen molar-refractivity contribution < 1.29 is 14.3 Å². The van der Waals surface area contributed by atoms with Gasteiger partial charge < -0.3 is 9.47 Å². The molecule has 4 aromatic rings. The second-order valence-corrected chi connectivity index (χ2v) is 10.2. The Morgan fingerprint density at radius 3 is 2.54 bits per heavy atom. The Kier molecular flexibility index (Phi) is 7.63. The van der Waals surface area contributed by atoms with Crippen LogP contribution in [0.4, 0.5) is 5.69 Å². The maximum atomic E-state index is 13.1. The summed E-state index contributed by atoms with van der Waals surface area (Å²) < 4.78 is 12.2. The van der Waals surface area contributed by atoms with Crippen molar-refractivity contribution in [3.63, 3.8) is 0 Å². The van der Waals surface area contributed by atoms with E-state index < -0.39 is 0 Å². The molecular weight excluding hydrogens is 548 g/mol. The molecule has 4 aromatic carbocycles. The van der Waals surface area contributed by atoms with Crippen molar-refractivity contribution in [3.05, 3.63) is 105 Å². The van der Waals surface area contributed by atoms with Crippen molar-refractivity contribution in [2.45, 2.75) is 13.5 Å². The summed E-state index contributed by atoms with van der Waals surface area (Å²) in [5.41, 5.74) is 2.81. The highest BCUT2D eigenvalue weighted by Crippen LogP contribution is 2.35. The number of nitrogens with zero attached hydrogens (tertiary/aromatic N) is 2. The van der Waals surface area contributed by atoms with Gasteiger partial charge in [0.2, 0.25) is 0 Å². The minimum Gasteiger partial charge on any atom is -0.497 e. The number of aliphatic imine (C=N–C) groups is 1. The molecule has 1 fully saturated rings. The molecule has 1 amide bonds. The molecule has 1 aliphatic rings. The molecule has 0 radical (unpaired) electrons. The first kappa shape index (κ1) is 25.1. The lowest BCUT2D eigenvalue weighted by molar-refractivity contribution is -0.122. The fourth-order valence-electron chi connectivity index (χ4n) is 4.09. The predicted molar refractivity (Wildman–Crippen MR) is 155 cm³/mol. The molecule has 0 spiro atoms. The van der Waals surface area contributed by atoms with Crippen LogP contribution in [0.25, 0.3) is 16.8 Å². The Hall–Kier alpha value is -3.55. The lowest BCUT2D eigenvalue weighted by Gasteiger charge is -2.12. The third kappa shape index (κ3) is 5.58. The lowest BCUT2D eigenvalue weighted by atomic mass is 10.1. The van der Waals surface area contributed by atoms with Gasteiger partial charge >= 0.3 is 0 Å². The van der Waals surface area contributed by atoms with E-state index in [-0.39, 0.29) is 5.91 Å². The highest BCUT2D eigenvalue weighted by atomic mass is 79.9. The van der Waals surface area contributed by atoms with Crippen LogP contribution >= 0.6 is 27.7 Å². The zero-order valence-corrected chi connectivity index (χ0v) is 22.9. The Morgan fingerprint density at radius 2 is 1.78 bits per heavy atom. The number of halogens is 1. The van der Waals surface area contributed by atoms with Crippen LogP contribution in [0.5, 0.6) is 11.5 Å². The molecule has 0 bridgehead atoms. The topological polar surface area (TPSA) is 51.1 Å². The number of benzene rings is 4. The molecule has 186 valence electrons. The van der Waals surface area contributed by atoms with Gasteiger partial charge in [-0.2, -0.15) is 0 Å². The van der Waals surface area contributed by atoms with Crippen molar-refractivity contribution in [1.29, 1.82) is 0 Å². The van der Waals surface area contributed by atoms with E-state index in [1.165, 1.54) is 22.5 Å². The van der Waals surface area contributed by atoms with Gasteiger partial charge in [0.1, 0.15) is 18.1 Å². The van der Waals surface area contributed by atoms with Crippen LogP contribution in [0, 0.1) is 0 Å². The molecule has 1 aliphatic heterocycles. The number of ether oxygens (including phenoxy) is 2. The van der Waals surface area contributed by atoms with Gasteiger partial charge in [-0.15, -0.1) is 0 Å². The number of hydrogen-bond acceptors (Lipinski definition) is 5. The molecule has 1 heterocycles. The second-order valence-electron chi connectivity index (χ2n) is 8.37. The van der Waals surface area contributed by atoms with E-state index in [0.29, 0.717) is 23.2 Å². The molecule has 7 heteroatoms. The van der Waals surface area contributed by atoms with Crippen molar-refractivity contribution >= 4 is 61.3 Å². The van der Waals surface area contributed by atoms with E-state index in [1.54, 1.807) is 12.0 Å². The Morgan fingerprint density at radius 1 is 1.00 bits per heavy atom. The number of likely N-dealkylation sites (N-methyl/N-ethyl adjacent to an activating group) is 1. The smallest absolute Gasteiger partial charge is 0.266 e. The van der Waals surface area contributed by atoms with Gasteiger partial charge in [-0.3, -0.25) is 9.69 Å². The van der Waals surface area contributed by atoms with Crippen LogP contribution in [-0.4, -0.2) is 29.6 Å². The van der Waals surface area contributed by atoms with E-state index >= 15 is 0 Å². The number of amidine groups is 1. The number of thioether (sulfide) groups is 1. The van der Waals surface area contributed by atoms with Crippen LogP contribution in [0.3, 0.4) is 0 Å². The molecule has 0 atom stereocenters. The predicted octanol–water partition coefficient (Wildman–Crippen LogP) is 7.81. The third-order valence-corrected chi connectivity index (χ3v) is 7.64. The van der Waals surface area contributed by atoms with Crippen molar-refractivity contribution in [3.8, 4) is 11.5 Å². The fourth-order valence-corrected chi connectivity index (χ4v) is 5.66. The zero-order valence-electron chi connectivity index (χ0n) is 20.5. The van der Waals surface area contributed by atoms with Gasteiger partial charge in [0.05, 0.1) is 22.2 Å². The number of carbonyl (C=O) groups excluding carboxylic acids is 1. The molecule has 5 nitrogen and oxygen atoms in total. The zero-order chi connectivity index (χ0) is 25.8. The molecule has 0 N–H and O–H groups in total. The van der Waals surface area contributed by atoms with E-state index in [2.05, 4.69) is 40.2 Å². The van der Waals surface area contributed by atoms with Crippen LogP contribution in [-0.2, 0) is 11.4 Å². The Bertz CT molecular complexity index is 1510. The summed E-state index contributed by atoms with van der Waals surface area (Å²) in [7, 11) is 1.63. The normalized spacial score (nSPS) is 15.6. The van der Waals surface area contributed by atoms with Gasteiger partial charge in [-0.1, -0.05) is 48.5 Å².